The fraction of sp³-hybridized carbons (Fsp3) is 0.562. The van der Waals surface area contributed by atoms with Gasteiger partial charge in [0.25, 0.3) is 0 Å². The summed E-state index contributed by atoms with van der Waals surface area (Å²) in [5.41, 5.74) is 1.55. The van der Waals surface area contributed by atoms with Crippen LogP contribution in [0.4, 0.5) is 0 Å². The smallest absolute Gasteiger partial charge is 0.159 e. The van der Waals surface area contributed by atoms with Crippen molar-refractivity contribution >= 4 is 16.6 Å². The Morgan fingerprint density at radius 2 is 2.05 bits per heavy atom. The van der Waals surface area contributed by atoms with Crippen LogP contribution in [-0.2, 0) is 16.6 Å². The molecule has 1 unspecified atom stereocenters. The molecule has 1 aliphatic carbocycles. The second-order valence-electron chi connectivity index (χ2n) is 5.24. The Labute approximate surface area is 123 Å². The van der Waals surface area contributed by atoms with Crippen molar-refractivity contribution < 1.29 is 13.7 Å². The molecule has 3 nitrogen and oxygen atoms in total. The van der Waals surface area contributed by atoms with Crippen LogP contribution in [0.1, 0.15) is 55.5 Å². The summed E-state index contributed by atoms with van der Waals surface area (Å²) in [6.07, 6.45) is 4.48. The molecular formula is C16H22O3S. The van der Waals surface area contributed by atoms with Crippen molar-refractivity contribution in [1.29, 1.82) is 0 Å². The number of ketones is 1. The summed E-state index contributed by atoms with van der Waals surface area (Å²) in [4.78, 5) is 11.5. The van der Waals surface area contributed by atoms with E-state index in [1.54, 1.807) is 13.0 Å². The highest BCUT2D eigenvalue weighted by atomic mass is 32.2. The first-order chi connectivity index (χ1) is 9.61. The van der Waals surface area contributed by atoms with E-state index in [4.69, 9.17) is 4.74 Å². The van der Waals surface area contributed by atoms with E-state index in [0.29, 0.717) is 23.2 Å². The van der Waals surface area contributed by atoms with Gasteiger partial charge in [0, 0.05) is 27.2 Å². The van der Waals surface area contributed by atoms with Gasteiger partial charge in [-0.25, -0.2) is 0 Å². The Bertz CT molecular complexity index is 504. The summed E-state index contributed by atoms with van der Waals surface area (Å²) >= 11 is 0. The Kier molecular flexibility index (Phi) is 5.35. The van der Waals surface area contributed by atoms with Crippen LogP contribution in [0.15, 0.2) is 18.2 Å². The lowest BCUT2D eigenvalue weighted by Gasteiger charge is -2.14. The first-order valence-corrected chi connectivity index (χ1v) is 8.64. The van der Waals surface area contributed by atoms with Crippen molar-refractivity contribution in [2.75, 3.05) is 6.61 Å². The molecule has 1 aromatic rings. The zero-order chi connectivity index (χ0) is 14.5. The van der Waals surface area contributed by atoms with Crippen molar-refractivity contribution in [1.82, 2.24) is 0 Å². The van der Waals surface area contributed by atoms with E-state index in [0.717, 1.165) is 24.2 Å². The van der Waals surface area contributed by atoms with Crippen LogP contribution in [0.2, 0.25) is 0 Å². The minimum absolute atomic E-state index is 0.0287. The van der Waals surface area contributed by atoms with Gasteiger partial charge in [-0.05, 0) is 44.9 Å². The van der Waals surface area contributed by atoms with Crippen LogP contribution in [-0.4, -0.2) is 21.8 Å². The summed E-state index contributed by atoms with van der Waals surface area (Å²) in [5, 5.41) is 0.311. The molecule has 2 rings (SSSR count). The number of benzene rings is 1. The van der Waals surface area contributed by atoms with Crippen molar-refractivity contribution in [2.45, 2.75) is 50.5 Å². The third kappa shape index (κ3) is 3.69. The summed E-state index contributed by atoms with van der Waals surface area (Å²) in [7, 11) is -0.873. The number of carbonyl (C=O) groups excluding carboxylic acids is 1. The summed E-state index contributed by atoms with van der Waals surface area (Å²) < 4.78 is 18.0. The van der Waals surface area contributed by atoms with Gasteiger partial charge in [0.1, 0.15) is 5.75 Å². The molecule has 0 radical (unpaired) electrons. The van der Waals surface area contributed by atoms with E-state index in [2.05, 4.69) is 0 Å². The van der Waals surface area contributed by atoms with E-state index in [1.165, 1.54) is 12.8 Å². The SMILES string of the molecule is CCOc1ccc(C(C)=O)cc1CS(=O)C1CCCC1. The second kappa shape index (κ2) is 7.02. The van der Waals surface area contributed by atoms with Gasteiger partial charge in [0.2, 0.25) is 0 Å². The van der Waals surface area contributed by atoms with Crippen molar-refractivity contribution in [3.8, 4) is 5.75 Å². The van der Waals surface area contributed by atoms with Gasteiger partial charge in [0.05, 0.1) is 12.4 Å². The maximum atomic E-state index is 12.4. The zero-order valence-corrected chi connectivity index (χ0v) is 13.0. The maximum absolute atomic E-state index is 12.4. The average molecular weight is 294 g/mol. The molecule has 0 aliphatic heterocycles. The lowest BCUT2D eigenvalue weighted by atomic mass is 10.1. The van der Waals surface area contributed by atoms with Crippen LogP contribution < -0.4 is 4.74 Å². The fourth-order valence-corrected chi connectivity index (χ4v) is 4.26. The summed E-state index contributed by atoms with van der Waals surface area (Å²) in [6, 6.07) is 5.43. The molecule has 0 heterocycles. The number of carbonyl (C=O) groups is 1. The lowest BCUT2D eigenvalue weighted by Crippen LogP contribution is -2.13. The molecule has 110 valence electrons. The standard InChI is InChI=1S/C16H22O3S/c1-3-19-16-9-8-13(12(2)17)10-14(16)11-20(18)15-6-4-5-7-15/h8-10,15H,3-7,11H2,1-2H3. The molecule has 20 heavy (non-hydrogen) atoms. The predicted octanol–water partition coefficient (Wildman–Crippen LogP) is 3.48. The molecule has 1 atom stereocenters. The molecule has 0 bridgehead atoms. The monoisotopic (exact) mass is 294 g/mol. The molecule has 1 saturated carbocycles. The minimum atomic E-state index is -0.873. The van der Waals surface area contributed by atoms with E-state index >= 15 is 0 Å². The number of ether oxygens (including phenoxy) is 1. The Morgan fingerprint density at radius 1 is 1.35 bits per heavy atom. The molecule has 1 aromatic carbocycles. The molecule has 0 amide bonds. The highest BCUT2D eigenvalue weighted by Crippen LogP contribution is 2.28. The highest BCUT2D eigenvalue weighted by molar-refractivity contribution is 7.84. The van der Waals surface area contributed by atoms with E-state index in [-0.39, 0.29) is 5.78 Å². The number of Topliss-reactive ketones (excluding diaryl/α,β-unsaturated/α-hetero) is 1. The van der Waals surface area contributed by atoms with Crippen LogP contribution in [0, 0.1) is 0 Å². The summed E-state index contributed by atoms with van der Waals surface area (Å²) in [6.45, 7) is 4.05. The molecule has 4 heteroatoms. The molecule has 1 aliphatic rings. The Morgan fingerprint density at radius 3 is 2.65 bits per heavy atom. The normalized spacial score (nSPS) is 17.1. The van der Waals surface area contributed by atoms with Gasteiger partial charge < -0.3 is 4.74 Å². The summed E-state index contributed by atoms with van der Waals surface area (Å²) in [5.74, 6) is 1.27. The Balaban J connectivity index is 2.20. The molecule has 0 spiro atoms. The van der Waals surface area contributed by atoms with Crippen LogP contribution >= 0.6 is 0 Å². The van der Waals surface area contributed by atoms with Crippen LogP contribution in [0.5, 0.6) is 5.75 Å². The number of hydrogen-bond acceptors (Lipinski definition) is 3. The van der Waals surface area contributed by atoms with Gasteiger partial charge in [0.15, 0.2) is 5.78 Å². The van der Waals surface area contributed by atoms with Crippen LogP contribution in [0.3, 0.4) is 0 Å². The predicted molar refractivity (Wildman–Crippen MR) is 81.7 cm³/mol. The number of rotatable bonds is 6. The quantitative estimate of drug-likeness (QED) is 0.754. The third-order valence-corrected chi connectivity index (χ3v) is 5.55. The molecule has 1 fully saturated rings. The van der Waals surface area contributed by atoms with Crippen molar-refractivity contribution in [3.05, 3.63) is 29.3 Å². The first kappa shape index (κ1) is 15.2. The second-order valence-corrected chi connectivity index (χ2v) is 6.96. The largest absolute Gasteiger partial charge is 0.494 e. The maximum Gasteiger partial charge on any atom is 0.159 e. The topological polar surface area (TPSA) is 43.4 Å². The van der Waals surface area contributed by atoms with Crippen LogP contribution in [0.25, 0.3) is 0 Å². The molecular weight excluding hydrogens is 272 g/mol. The van der Waals surface area contributed by atoms with Crippen molar-refractivity contribution in [2.24, 2.45) is 0 Å². The highest BCUT2D eigenvalue weighted by Gasteiger charge is 2.22. The number of hydrogen-bond donors (Lipinski definition) is 0. The zero-order valence-electron chi connectivity index (χ0n) is 12.2. The minimum Gasteiger partial charge on any atom is -0.494 e. The van der Waals surface area contributed by atoms with Gasteiger partial charge >= 0.3 is 0 Å². The van der Waals surface area contributed by atoms with Gasteiger partial charge in [-0.15, -0.1) is 0 Å². The van der Waals surface area contributed by atoms with E-state index < -0.39 is 10.8 Å². The third-order valence-electron chi connectivity index (χ3n) is 3.74. The van der Waals surface area contributed by atoms with Crippen molar-refractivity contribution in [3.63, 3.8) is 0 Å². The van der Waals surface area contributed by atoms with E-state index in [9.17, 15) is 9.00 Å². The fourth-order valence-electron chi connectivity index (χ4n) is 2.63. The molecule has 0 N–H and O–H groups in total. The Hall–Kier alpha value is -1.16. The van der Waals surface area contributed by atoms with Gasteiger partial charge in [-0.2, -0.15) is 0 Å². The molecule has 0 aromatic heterocycles. The van der Waals surface area contributed by atoms with Gasteiger partial charge in [-0.1, -0.05) is 12.8 Å². The lowest BCUT2D eigenvalue weighted by molar-refractivity contribution is 0.101. The average Bonchev–Trinajstić information content (AvgIpc) is 2.94. The van der Waals surface area contributed by atoms with E-state index in [1.807, 2.05) is 19.1 Å². The van der Waals surface area contributed by atoms with Gasteiger partial charge in [-0.3, -0.25) is 9.00 Å². The molecule has 0 saturated heterocycles. The first-order valence-electron chi connectivity index (χ1n) is 7.25.